The van der Waals surface area contributed by atoms with Crippen LogP contribution < -0.4 is 0 Å². The first-order chi connectivity index (χ1) is 4.66. The third-order valence-corrected chi connectivity index (χ3v) is 0.709. The molecule has 0 radical (unpaired) electrons. The Hall–Kier alpha value is -0.660. The number of aliphatic imine (C=N–C) groups is 2. The number of hydrogen-bond donors (Lipinski definition) is 0. The summed E-state index contributed by atoms with van der Waals surface area (Å²) in [5.41, 5.74) is 1.05. The molecule has 0 amide bonds. The second kappa shape index (κ2) is 8.34. The summed E-state index contributed by atoms with van der Waals surface area (Å²) >= 11 is 0. The highest BCUT2D eigenvalue weighted by atomic mass is 14.9. The van der Waals surface area contributed by atoms with Crippen molar-refractivity contribution in [2.45, 2.75) is 34.6 Å². The van der Waals surface area contributed by atoms with E-state index in [0.29, 0.717) is 0 Å². The zero-order valence-electron chi connectivity index (χ0n) is 7.89. The molecule has 0 aromatic heterocycles. The van der Waals surface area contributed by atoms with Gasteiger partial charge in [0.2, 0.25) is 0 Å². The van der Waals surface area contributed by atoms with Crippen LogP contribution in [0, 0.1) is 0 Å². The molecule has 0 fully saturated rings. The van der Waals surface area contributed by atoms with Crippen LogP contribution in [0.4, 0.5) is 0 Å². The molecule has 60 valence electrons. The van der Waals surface area contributed by atoms with Crippen molar-refractivity contribution in [3.8, 4) is 0 Å². The van der Waals surface area contributed by atoms with Crippen LogP contribution in [0.15, 0.2) is 9.98 Å². The Kier molecular flexibility index (Phi) is 10.1. The second-order valence-electron chi connectivity index (χ2n) is 1.83. The van der Waals surface area contributed by atoms with E-state index >= 15 is 0 Å². The molecule has 0 N–H and O–H groups in total. The lowest BCUT2D eigenvalue weighted by Gasteiger charge is -1.87. The van der Waals surface area contributed by atoms with E-state index in [1.807, 2.05) is 34.6 Å². The Labute approximate surface area is 64.1 Å². The third-order valence-electron chi connectivity index (χ3n) is 0.709. The van der Waals surface area contributed by atoms with Gasteiger partial charge in [0, 0.05) is 12.8 Å². The number of nitrogens with zero attached hydrogens (tertiary/aromatic N) is 2. The Morgan fingerprint density at radius 3 is 1.50 bits per heavy atom. The Bertz CT molecular complexity index is 119. The van der Waals surface area contributed by atoms with Gasteiger partial charge >= 0.3 is 0 Å². The van der Waals surface area contributed by atoms with Gasteiger partial charge in [0.1, 0.15) is 5.84 Å². The van der Waals surface area contributed by atoms with Crippen molar-refractivity contribution in [2.24, 2.45) is 9.98 Å². The van der Waals surface area contributed by atoms with Crippen molar-refractivity contribution < 1.29 is 0 Å². The minimum atomic E-state index is 0.838. The minimum Gasteiger partial charge on any atom is -0.274 e. The first kappa shape index (κ1) is 12.1. The summed E-state index contributed by atoms with van der Waals surface area (Å²) < 4.78 is 0. The summed E-state index contributed by atoms with van der Waals surface area (Å²) in [6.07, 6.45) is 0. The van der Waals surface area contributed by atoms with Crippen LogP contribution in [0.1, 0.15) is 34.6 Å². The lowest BCUT2D eigenvalue weighted by molar-refractivity contribution is 1.37. The monoisotopic (exact) mass is 142 g/mol. The normalized spacial score (nSPS) is 9.60. The van der Waals surface area contributed by atoms with Crippen molar-refractivity contribution >= 4 is 11.5 Å². The van der Waals surface area contributed by atoms with Crippen LogP contribution in [0.3, 0.4) is 0 Å². The molecule has 10 heavy (non-hydrogen) atoms. The van der Waals surface area contributed by atoms with Crippen LogP contribution in [0.2, 0.25) is 0 Å². The fourth-order valence-electron chi connectivity index (χ4n) is 0.374. The van der Waals surface area contributed by atoms with Gasteiger partial charge in [-0.1, -0.05) is 13.8 Å². The zero-order chi connectivity index (χ0) is 8.57. The van der Waals surface area contributed by atoms with E-state index in [1.54, 1.807) is 7.05 Å². The number of amidine groups is 1. The molecule has 0 heterocycles. The molecule has 0 aromatic rings. The number of hydrogen-bond acceptors (Lipinski definition) is 1. The SMILES string of the molecule is CC.CN=C(C)N=C(C)C. The van der Waals surface area contributed by atoms with Gasteiger partial charge in [-0.3, -0.25) is 4.99 Å². The fraction of sp³-hybridized carbons (Fsp3) is 0.750. The summed E-state index contributed by atoms with van der Waals surface area (Å²) in [5.74, 6) is 0.838. The molecule has 0 saturated carbocycles. The van der Waals surface area contributed by atoms with Crippen molar-refractivity contribution in [3.05, 3.63) is 0 Å². The summed E-state index contributed by atoms with van der Waals surface area (Å²) in [4.78, 5) is 7.92. The van der Waals surface area contributed by atoms with Gasteiger partial charge in [-0.25, -0.2) is 4.99 Å². The molecule has 0 aromatic carbocycles. The highest BCUT2D eigenvalue weighted by molar-refractivity contribution is 5.94. The van der Waals surface area contributed by atoms with Crippen LogP contribution >= 0.6 is 0 Å². The molecule has 0 aliphatic heterocycles. The lowest BCUT2D eigenvalue weighted by Crippen LogP contribution is -1.89. The van der Waals surface area contributed by atoms with Gasteiger partial charge in [-0.15, -0.1) is 0 Å². The van der Waals surface area contributed by atoms with Crippen LogP contribution in [0.5, 0.6) is 0 Å². The van der Waals surface area contributed by atoms with E-state index in [4.69, 9.17) is 0 Å². The average Bonchev–Trinajstić information content (AvgIpc) is 1.91. The maximum absolute atomic E-state index is 4.06. The fourth-order valence-corrected chi connectivity index (χ4v) is 0.374. The van der Waals surface area contributed by atoms with E-state index in [2.05, 4.69) is 9.98 Å². The van der Waals surface area contributed by atoms with E-state index in [1.165, 1.54) is 0 Å². The lowest BCUT2D eigenvalue weighted by atomic mass is 10.5. The van der Waals surface area contributed by atoms with Crippen molar-refractivity contribution in [1.29, 1.82) is 0 Å². The summed E-state index contributed by atoms with van der Waals surface area (Å²) in [5, 5.41) is 0. The highest BCUT2D eigenvalue weighted by Gasteiger charge is 1.79. The maximum Gasteiger partial charge on any atom is 0.119 e. The average molecular weight is 142 g/mol. The topological polar surface area (TPSA) is 24.7 Å². The van der Waals surface area contributed by atoms with Gasteiger partial charge in [0.15, 0.2) is 0 Å². The van der Waals surface area contributed by atoms with Gasteiger partial charge in [-0.05, 0) is 20.8 Å². The Balaban J connectivity index is 0. The first-order valence-electron chi connectivity index (χ1n) is 3.62. The van der Waals surface area contributed by atoms with Gasteiger partial charge < -0.3 is 0 Å². The third kappa shape index (κ3) is 10.3. The molecule has 0 rings (SSSR count). The zero-order valence-corrected chi connectivity index (χ0v) is 7.89. The van der Waals surface area contributed by atoms with Gasteiger partial charge in [0.05, 0.1) is 0 Å². The van der Waals surface area contributed by atoms with E-state index < -0.39 is 0 Å². The largest absolute Gasteiger partial charge is 0.274 e. The molecular weight excluding hydrogens is 124 g/mol. The predicted octanol–water partition coefficient (Wildman–Crippen LogP) is 2.54. The molecule has 2 heteroatoms. The Morgan fingerprint density at radius 1 is 1.00 bits per heavy atom. The first-order valence-corrected chi connectivity index (χ1v) is 3.62. The molecule has 0 unspecified atom stereocenters. The summed E-state index contributed by atoms with van der Waals surface area (Å²) in [6.45, 7) is 9.79. The van der Waals surface area contributed by atoms with Gasteiger partial charge in [-0.2, -0.15) is 0 Å². The smallest absolute Gasteiger partial charge is 0.119 e. The molecule has 2 nitrogen and oxygen atoms in total. The van der Waals surface area contributed by atoms with Crippen LogP contribution in [-0.2, 0) is 0 Å². The molecular formula is C8H18N2. The number of rotatable bonds is 0. The quantitative estimate of drug-likeness (QED) is 0.367. The van der Waals surface area contributed by atoms with Crippen LogP contribution in [0.25, 0.3) is 0 Å². The van der Waals surface area contributed by atoms with Crippen molar-refractivity contribution in [2.75, 3.05) is 7.05 Å². The molecule has 0 bridgehead atoms. The highest BCUT2D eigenvalue weighted by Crippen LogP contribution is 1.79. The summed E-state index contributed by atoms with van der Waals surface area (Å²) in [7, 11) is 1.74. The van der Waals surface area contributed by atoms with E-state index in [-0.39, 0.29) is 0 Å². The van der Waals surface area contributed by atoms with Gasteiger partial charge in [0.25, 0.3) is 0 Å². The molecule has 0 spiro atoms. The molecule has 0 aliphatic rings. The molecule has 0 aliphatic carbocycles. The minimum absolute atomic E-state index is 0.838. The maximum atomic E-state index is 4.06. The summed E-state index contributed by atoms with van der Waals surface area (Å²) in [6, 6.07) is 0. The van der Waals surface area contributed by atoms with Crippen molar-refractivity contribution in [3.63, 3.8) is 0 Å². The Morgan fingerprint density at radius 2 is 1.40 bits per heavy atom. The van der Waals surface area contributed by atoms with E-state index in [0.717, 1.165) is 11.5 Å². The molecule has 0 atom stereocenters. The predicted molar refractivity (Wildman–Crippen MR) is 49.2 cm³/mol. The van der Waals surface area contributed by atoms with E-state index in [9.17, 15) is 0 Å². The second-order valence-corrected chi connectivity index (χ2v) is 1.83. The standard InChI is InChI=1S/C6H12N2.C2H6/c1-5(2)8-6(3)7-4;1-2/h1-4H3;1-2H3. The molecule has 0 saturated heterocycles. The van der Waals surface area contributed by atoms with Crippen molar-refractivity contribution in [1.82, 2.24) is 0 Å². The van der Waals surface area contributed by atoms with Crippen LogP contribution in [-0.4, -0.2) is 18.6 Å².